The van der Waals surface area contributed by atoms with Gasteiger partial charge in [-0.1, -0.05) is 24.5 Å². The maximum absolute atomic E-state index is 6.02. The zero-order valence-corrected chi connectivity index (χ0v) is 10.7. The van der Waals surface area contributed by atoms with Crippen molar-refractivity contribution >= 4 is 11.6 Å². The van der Waals surface area contributed by atoms with Gasteiger partial charge < -0.3 is 4.42 Å². The molecule has 1 aliphatic rings. The van der Waals surface area contributed by atoms with Gasteiger partial charge >= 0.3 is 0 Å². The van der Waals surface area contributed by atoms with Gasteiger partial charge in [-0.05, 0) is 43.4 Å². The average Bonchev–Trinajstić information content (AvgIpc) is 2.69. The summed E-state index contributed by atoms with van der Waals surface area (Å²) < 4.78 is 5.14. The van der Waals surface area contributed by atoms with E-state index in [2.05, 4.69) is 11.5 Å². The van der Waals surface area contributed by atoms with Crippen LogP contribution in [0.2, 0.25) is 5.22 Å². The third-order valence-electron chi connectivity index (χ3n) is 3.32. The summed E-state index contributed by atoms with van der Waals surface area (Å²) in [5.41, 5.74) is 5.11. The molecule has 1 heterocycles. The maximum atomic E-state index is 6.02. The van der Waals surface area contributed by atoms with E-state index in [9.17, 15) is 0 Å². The van der Waals surface area contributed by atoms with Crippen molar-refractivity contribution in [2.24, 2.45) is 5.84 Å². The highest BCUT2D eigenvalue weighted by atomic mass is 35.5. The molecule has 0 bridgehead atoms. The van der Waals surface area contributed by atoms with Crippen LogP contribution in [0.1, 0.15) is 50.1 Å². The van der Waals surface area contributed by atoms with Crippen LogP contribution < -0.4 is 11.3 Å². The molecule has 94 valence electrons. The van der Waals surface area contributed by atoms with E-state index < -0.39 is 0 Å². The van der Waals surface area contributed by atoms with E-state index in [4.69, 9.17) is 21.9 Å². The van der Waals surface area contributed by atoms with Crippen LogP contribution in [0.25, 0.3) is 0 Å². The molecule has 0 radical (unpaired) electrons. The zero-order chi connectivity index (χ0) is 12.1. The number of furan rings is 1. The summed E-state index contributed by atoms with van der Waals surface area (Å²) in [6.07, 6.45) is 11.2. The average molecular weight is 255 g/mol. The van der Waals surface area contributed by atoms with Crippen molar-refractivity contribution in [3.8, 4) is 0 Å². The summed E-state index contributed by atoms with van der Waals surface area (Å²) in [5.74, 6) is 5.66. The predicted octanol–water partition coefficient (Wildman–Crippen LogP) is 3.72. The van der Waals surface area contributed by atoms with Crippen molar-refractivity contribution in [1.29, 1.82) is 0 Å². The lowest BCUT2D eigenvalue weighted by molar-refractivity contribution is 0.536. The first-order chi connectivity index (χ1) is 8.33. The molecule has 1 aliphatic carbocycles. The van der Waals surface area contributed by atoms with Crippen LogP contribution in [0.15, 0.2) is 28.4 Å². The Morgan fingerprint density at radius 3 is 2.82 bits per heavy atom. The van der Waals surface area contributed by atoms with Gasteiger partial charge in [-0.15, -0.1) is 0 Å². The molecule has 3 nitrogen and oxygen atoms in total. The quantitative estimate of drug-likeness (QED) is 0.491. The monoisotopic (exact) mass is 254 g/mol. The Bertz CT molecular complexity index is 387. The fourth-order valence-electron chi connectivity index (χ4n) is 2.39. The Kier molecular flexibility index (Phi) is 4.66. The van der Waals surface area contributed by atoms with E-state index in [1.807, 2.05) is 6.07 Å². The van der Waals surface area contributed by atoms with Gasteiger partial charge in [0.25, 0.3) is 0 Å². The summed E-state index contributed by atoms with van der Waals surface area (Å²) >= 11 is 6.02. The van der Waals surface area contributed by atoms with Crippen molar-refractivity contribution in [2.75, 3.05) is 0 Å². The Balaban J connectivity index is 2.19. The third-order valence-corrected chi connectivity index (χ3v) is 3.63. The lowest BCUT2D eigenvalue weighted by Crippen LogP contribution is -2.29. The lowest BCUT2D eigenvalue weighted by atomic mass is 9.92. The minimum Gasteiger partial charge on any atom is -0.453 e. The van der Waals surface area contributed by atoms with E-state index in [0.717, 1.165) is 18.4 Å². The van der Waals surface area contributed by atoms with Gasteiger partial charge in [-0.25, -0.2) is 5.43 Å². The zero-order valence-electron chi connectivity index (χ0n) is 9.92. The lowest BCUT2D eigenvalue weighted by Gasteiger charge is -2.20. The molecule has 3 N–H and O–H groups in total. The van der Waals surface area contributed by atoms with Gasteiger partial charge in [0.05, 0.1) is 12.3 Å². The van der Waals surface area contributed by atoms with Crippen molar-refractivity contribution in [1.82, 2.24) is 5.43 Å². The predicted molar refractivity (Wildman–Crippen MR) is 69.6 cm³/mol. The van der Waals surface area contributed by atoms with Gasteiger partial charge in [0.1, 0.15) is 0 Å². The van der Waals surface area contributed by atoms with Gasteiger partial charge in [-0.2, -0.15) is 0 Å². The normalized spacial score (nSPS) is 22.4. The van der Waals surface area contributed by atoms with Crippen LogP contribution in [0.4, 0.5) is 0 Å². The Hall–Kier alpha value is -0.770. The van der Waals surface area contributed by atoms with E-state index in [1.165, 1.54) is 31.3 Å². The molecule has 2 rings (SSSR count). The summed E-state index contributed by atoms with van der Waals surface area (Å²) in [7, 11) is 0. The number of hydrogen-bond donors (Lipinski definition) is 2. The number of rotatable bonds is 3. The molecular formula is C13H19ClN2O. The van der Waals surface area contributed by atoms with Gasteiger partial charge in [-0.3, -0.25) is 5.84 Å². The fraction of sp³-hybridized carbons (Fsp3) is 0.538. The highest BCUT2D eigenvalue weighted by Gasteiger charge is 2.20. The van der Waals surface area contributed by atoms with Crippen LogP contribution in [0, 0.1) is 0 Å². The molecule has 0 amide bonds. The van der Waals surface area contributed by atoms with Gasteiger partial charge in [0.2, 0.25) is 0 Å². The number of halogens is 1. The molecule has 1 aromatic heterocycles. The largest absolute Gasteiger partial charge is 0.453 e. The number of hydrogen-bond acceptors (Lipinski definition) is 3. The Morgan fingerprint density at radius 1 is 1.29 bits per heavy atom. The number of nitrogens with one attached hydrogen (secondary N) is 1. The second-order valence-corrected chi connectivity index (χ2v) is 4.82. The minimum atomic E-state index is -0.0145. The molecule has 1 unspecified atom stereocenters. The number of allylic oxidation sites excluding steroid dienone is 1. The SMILES string of the molecule is NNC(/C1=C/CCCCCC1)c1ccoc1Cl. The highest BCUT2D eigenvalue weighted by molar-refractivity contribution is 6.29. The van der Waals surface area contributed by atoms with Crippen LogP contribution >= 0.6 is 11.6 Å². The van der Waals surface area contributed by atoms with Gasteiger partial charge in [0, 0.05) is 5.56 Å². The summed E-state index contributed by atoms with van der Waals surface area (Å²) in [6.45, 7) is 0. The molecule has 0 fully saturated rings. The van der Waals surface area contributed by atoms with Crippen molar-refractivity contribution in [2.45, 2.75) is 44.6 Å². The Labute approximate surface area is 107 Å². The summed E-state index contributed by atoms with van der Waals surface area (Å²) in [4.78, 5) is 0. The maximum Gasteiger partial charge on any atom is 0.198 e. The molecule has 1 aromatic rings. The van der Waals surface area contributed by atoms with E-state index in [-0.39, 0.29) is 6.04 Å². The number of nitrogens with two attached hydrogens (primary N) is 1. The second kappa shape index (κ2) is 6.24. The molecule has 0 spiro atoms. The first-order valence-electron chi connectivity index (χ1n) is 6.21. The number of hydrazine groups is 1. The van der Waals surface area contributed by atoms with Crippen molar-refractivity contribution in [3.63, 3.8) is 0 Å². The van der Waals surface area contributed by atoms with Crippen molar-refractivity contribution < 1.29 is 4.42 Å². The van der Waals surface area contributed by atoms with Crippen molar-refractivity contribution in [3.05, 3.63) is 34.8 Å². The molecule has 0 aliphatic heterocycles. The topological polar surface area (TPSA) is 51.2 Å². The first kappa shape index (κ1) is 12.7. The van der Waals surface area contributed by atoms with E-state index in [1.54, 1.807) is 6.26 Å². The molecule has 0 saturated carbocycles. The smallest absolute Gasteiger partial charge is 0.198 e. The van der Waals surface area contributed by atoms with E-state index >= 15 is 0 Å². The fourth-order valence-corrected chi connectivity index (χ4v) is 2.61. The van der Waals surface area contributed by atoms with Crippen LogP contribution in [0.5, 0.6) is 0 Å². The van der Waals surface area contributed by atoms with Crippen LogP contribution in [-0.2, 0) is 0 Å². The molecular weight excluding hydrogens is 236 g/mol. The van der Waals surface area contributed by atoms with E-state index in [0.29, 0.717) is 5.22 Å². The molecule has 17 heavy (non-hydrogen) atoms. The molecule has 1 atom stereocenters. The minimum absolute atomic E-state index is 0.0145. The van der Waals surface area contributed by atoms with Crippen LogP contribution in [0.3, 0.4) is 0 Å². The first-order valence-corrected chi connectivity index (χ1v) is 6.58. The summed E-state index contributed by atoms with van der Waals surface area (Å²) in [5, 5.41) is 0.427. The molecule has 0 saturated heterocycles. The molecule has 0 aromatic carbocycles. The van der Waals surface area contributed by atoms with Crippen LogP contribution in [-0.4, -0.2) is 0 Å². The second-order valence-electron chi connectivity index (χ2n) is 4.48. The molecule has 4 heteroatoms. The highest BCUT2D eigenvalue weighted by Crippen LogP contribution is 2.32. The Morgan fingerprint density at radius 2 is 2.12 bits per heavy atom. The van der Waals surface area contributed by atoms with Gasteiger partial charge in [0.15, 0.2) is 5.22 Å². The standard InChI is InChI=1S/C13H19ClN2O/c14-13-11(8-9-17-13)12(16-15)10-6-4-2-1-3-5-7-10/h6,8-9,12,16H,1-5,7,15H2/b10-6+. The third kappa shape index (κ3) is 3.12. The summed E-state index contributed by atoms with van der Waals surface area (Å²) in [6, 6.07) is 1.87.